The predicted molar refractivity (Wildman–Crippen MR) is 134 cm³/mol. The molecule has 0 spiro atoms. The van der Waals surface area contributed by atoms with Gasteiger partial charge in [-0.25, -0.2) is 0 Å². The van der Waals surface area contributed by atoms with Crippen molar-refractivity contribution in [1.29, 1.82) is 0 Å². The first-order valence-electron chi connectivity index (χ1n) is 14.1. The molecule has 34 heavy (non-hydrogen) atoms. The van der Waals surface area contributed by atoms with E-state index in [9.17, 15) is 9.59 Å². The molecular weight excluding hydrogens is 492 g/mol. The summed E-state index contributed by atoms with van der Waals surface area (Å²) in [6, 6.07) is 0. The number of alkyl halides is 1. The normalized spacial score (nSPS) is 47.5. The van der Waals surface area contributed by atoms with Crippen molar-refractivity contribution in [2.24, 2.45) is 50.7 Å². The Hall–Kier alpha value is -0.580. The minimum atomic E-state index is -1.16. The minimum Gasteiger partial charge on any atom is -0.465 e. The molecule has 8 aliphatic carbocycles. The summed E-state index contributed by atoms with van der Waals surface area (Å²) in [6.07, 6.45) is 13.7. The average Bonchev–Trinajstić information content (AvgIpc) is 3.27. The Morgan fingerprint density at radius 3 is 1.62 bits per heavy atom. The highest BCUT2D eigenvalue weighted by molar-refractivity contribution is 9.09. The molecule has 8 rings (SSSR count). The van der Waals surface area contributed by atoms with Crippen LogP contribution in [0.3, 0.4) is 0 Å². The second-order valence-corrected chi connectivity index (χ2v) is 14.5. The molecule has 6 atom stereocenters. The molecule has 2 unspecified atom stereocenters. The van der Waals surface area contributed by atoms with Crippen molar-refractivity contribution >= 4 is 27.9 Å². The van der Waals surface area contributed by atoms with Crippen molar-refractivity contribution in [3.63, 3.8) is 0 Å². The van der Waals surface area contributed by atoms with Crippen LogP contribution >= 0.6 is 15.9 Å². The zero-order valence-electron chi connectivity index (χ0n) is 21.4. The highest BCUT2D eigenvalue weighted by Gasteiger charge is 2.72. The molecule has 8 bridgehead atoms. The summed E-state index contributed by atoms with van der Waals surface area (Å²) in [5.41, 5.74) is -0.560. The van der Waals surface area contributed by atoms with Gasteiger partial charge >= 0.3 is 11.9 Å². The van der Waals surface area contributed by atoms with E-state index in [1.54, 1.807) is 0 Å². The summed E-state index contributed by atoms with van der Waals surface area (Å²) < 4.78 is 11.6. The lowest BCUT2D eigenvalue weighted by atomic mass is 9.54. The maximum absolute atomic E-state index is 14.1. The van der Waals surface area contributed by atoms with Crippen LogP contribution in [0.1, 0.15) is 97.8 Å². The van der Waals surface area contributed by atoms with Gasteiger partial charge < -0.3 is 9.47 Å². The number of rotatable bonds is 9. The van der Waals surface area contributed by atoms with Crippen molar-refractivity contribution in [1.82, 2.24) is 0 Å². The van der Waals surface area contributed by atoms with Gasteiger partial charge in [0.05, 0.1) is 13.2 Å². The molecule has 0 aromatic rings. The van der Waals surface area contributed by atoms with E-state index in [1.807, 2.05) is 13.8 Å². The quantitative estimate of drug-likeness (QED) is 0.188. The third-order valence-corrected chi connectivity index (χ3v) is 13.2. The molecule has 0 aromatic carbocycles. The van der Waals surface area contributed by atoms with Crippen LogP contribution in [0.15, 0.2) is 0 Å². The van der Waals surface area contributed by atoms with Gasteiger partial charge in [0.1, 0.15) is 0 Å². The minimum absolute atomic E-state index is 0.0524. The molecule has 0 amide bonds. The van der Waals surface area contributed by atoms with Crippen LogP contribution in [-0.2, 0) is 19.1 Å². The smallest absolute Gasteiger partial charge is 0.323 e. The zero-order chi connectivity index (χ0) is 24.0. The number of halogens is 1. The average molecular weight is 536 g/mol. The van der Waals surface area contributed by atoms with E-state index in [0.29, 0.717) is 26.1 Å². The maximum Gasteiger partial charge on any atom is 0.323 e. The van der Waals surface area contributed by atoms with Crippen molar-refractivity contribution in [2.75, 3.05) is 18.5 Å². The van der Waals surface area contributed by atoms with Gasteiger partial charge in [-0.1, -0.05) is 22.9 Å². The van der Waals surface area contributed by atoms with Gasteiger partial charge in [-0.2, -0.15) is 0 Å². The highest BCUT2D eigenvalue weighted by atomic mass is 79.9. The Balaban J connectivity index is 1.44. The Bertz CT molecular complexity index is 833. The standard InChI is InChI=1S/C29H43BrO4/c1-4-33-23(31)29(24(32)34-5-2,16-26-10-19-6-20(11-26)9-25(26,3)8-19)17-27-12-21-7-22(13-27)15-28(27,14-21)18-30/h19-22H,4-18H2,1-3H3/t19-,20+,21-,22-,25?,26?,27?,28?/m0/s1. The summed E-state index contributed by atoms with van der Waals surface area (Å²) in [5, 5.41) is 0.988. The van der Waals surface area contributed by atoms with Crippen LogP contribution in [-0.4, -0.2) is 30.5 Å². The zero-order valence-corrected chi connectivity index (χ0v) is 23.0. The van der Waals surface area contributed by atoms with Crippen LogP contribution in [0, 0.1) is 50.7 Å². The molecule has 0 aromatic heterocycles. The van der Waals surface area contributed by atoms with Crippen molar-refractivity contribution in [3.05, 3.63) is 0 Å². The van der Waals surface area contributed by atoms with E-state index in [2.05, 4.69) is 22.9 Å². The van der Waals surface area contributed by atoms with Gasteiger partial charge in [0.15, 0.2) is 5.41 Å². The molecule has 5 heteroatoms. The van der Waals surface area contributed by atoms with E-state index in [4.69, 9.17) is 9.47 Å². The van der Waals surface area contributed by atoms with Crippen LogP contribution < -0.4 is 0 Å². The van der Waals surface area contributed by atoms with E-state index in [1.165, 1.54) is 64.2 Å². The molecule has 0 N–H and O–H groups in total. The molecule has 8 saturated carbocycles. The largest absolute Gasteiger partial charge is 0.465 e. The van der Waals surface area contributed by atoms with Gasteiger partial charge in [-0.15, -0.1) is 0 Å². The summed E-state index contributed by atoms with van der Waals surface area (Å²) in [7, 11) is 0. The second kappa shape index (κ2) is 7.71. The fraction of sp³-hybridized carbons (Fsp3) is 0.931. The first-order valence-corrected chi connectivity index (χ1v) is 15.2. The summed E-state index contributed by atoms with van der Waals surface area (Å²) in [5.74, 6) is 2.46. The number of hydrogen-bond acceptors (Lipinski definition) is 4. The van der Waals surface area contributed by atoms with E-state index >= 15 is 0 Å². The lowest BCUT2D eigenvalue weighted by Crippen LogP contribution is -2.52. The van der Waals surface area contributed by atoms with E-state index < -0.39 is 5.41 Å². The van der Waals surface area contributed by atoms with Gasteiger partial charge in [0.2, 0.25) is 0 Å². The van der Waals surface area contributed by atoms with Crippen molar-refractivity contribution in [2.45, 2.75) is 97.8 Å². The molecular formula is C29H43BrO4. The maximum atomic E-state index is 14.1. The van der Waals surface area contributed by atoms with Gasteiger partial charge in [0.25, 0.3) is 0 Å². The lowest BCUT2D eigenvalue weighted by molar-refractivity contribution is -0.181. The monoisotopic (exact) mass is 534 g/mol. The Morgan fingerprint density at radius 2 is 1.15 bits per heavy atom. The van der Waals surface area contributed by atoms with Crippen LogP contribution in [0.2, 0.25) is 0 Å². The van der Waals surface area contributed by atoms with Gasteiger partial charge in [-0.05, 0) is 136 Å². The molecule has 0 radical (unpaired) electrons. The van der Waals surface area contributed by atoms with E-state index in [-0.39, 0.29) is 33.6 Å². The Labute approximate surface area is 213 Å². The summed E-state index contributed by atoms with van der Waals surface area (Å²) in [6.45, 7) is 6.85. The van der Waals surface area contributed by atoms with Crippen molar-refractivity contribution < 1.29 is 19.1 Å². The molecule has 0 saturated heterocycles. The fourth-order valence-electron chi connectivity index (χ4n) is 11.7. The fourth-order valence-corrected chi connectivity index (χ4v) is 12.7. The predicted octanol–water partition coefficient (Wildman–Crippen LogP) is 6.69. The molecule has 8 aliphatic rings. The number of ether oxygens (including phenoxy) is 2. The number of carbonyl (C=O) groups is 2. The van der Waals surface area contributed by atoms with Gasteiger partial charge in [-0.3, -0.25) is 9.59 Å². The SMILES string of the molecule is CCOC(=O)C(CC12C[C@@H]3C[C@@H](CC1(C)C3)C2)(CC12C[C@@H]3C[C@H](CC1(CBr)C3)C2)C(=O)OCC. The van der Waals surface area contributed by atoms with Crippen LogP contribution in [0.5, 0.6) is 0 Å². The summed E-state index contributed by atoms with van der Waals surface area (Å²) >= 11 is 3.92. The van der Waals surface area contributed by atoms with Crippen LogP contribution in [0.4, 0.5) is 0 Å². The molecule has 8 fully saturated rings. The topological polar surface area (TPSA) is 52.6 Å². The third kappa shape index (κ3) is 3.00. The van der Waals surface area contributed by atoms with Crippen molar-refractivity contribution in [3.8, 4) is 0 Å². The first kappa shape index (κ1) is 23.8. The molecule has 0 heterocycles. The van der Waals surface area contributed by atoms with E-state index in [0.717, 1.165) is 29.0 Å². The summed E-state index contributed by atoms with van der Waals surface area (Å²) in [4.78, 5) is 28.2. The van der Waals surface area contributed by atoms with Crippen LogP contribution in [0.25, 0.3) is 0 Å². The highest BCUT2D eigenvalue weighted by Crippen LogP contribution is 2.78. The third-order valence-electron chi connectivity index (χ3n) is 12.2. The number of esters is 2. The Morgan fingerprint density at radius 1 is 0.735 bits per heavy atom. The Kier molecular flexibility index (Phi) is 5.40. The molecule has 4 nitrogen and oxygen atoms in total. The molecule has 0 aliphatic heterocycles. The number of carbonyl (C=O) groups excluding carboxylic acids is 2. The second-order valence-electron chi connectivity index (χ2n) is 14.0. The molecule has 190 valence electrons. The number of hydrogen-bond donors (Lipinski definition) is 0. The first-order chi connectivity index (χ1) is 16.2. The van der Waals surface area contributed by atoms with Gasteiger partial charge in [0, 0.05) is 5.33 Å². The lowest BCUT2D eigenvalue weighted by Gasteiger charge is -2.49.